The summed E-state index contributed by atoms with van der Waals surface area (Å²) in [7, 11) is 0. The Morgan fingerprint density at radius 2 is 2.20 bits per heavy atom. The van der Waals surface area contributed by atoms with E-state index in [1.54, 1.807) is 11.3 Å². The topological polar surface area (TPSA) is 55.5 Å². The molecule has 0 amide bonds. The van der Waals surface area contributed by atoms with E-state index < -0.39 is 11.5 Å². The zero-order valence-electron chi connectivity index (χ0n) is 11.5. The molecule has 2 heterocycles. The summed E-state index contributed by atoms with van der Waals surface area (Å²) in [6.07, 6.45) is 0.150. The number of thiophene rings is 1. The first-order valence-corrected chi connectivity index (χ1v) is 7.71. The zero-order valence-corrected chi connectivity index (χ0v) is 12.3. The summed E-state index contributed by atoms with van der Waals surface area (Å²) < 4.78 is 5.72. The predicted octanol–water partition coefficient (Wildman–Crippen LogP) is 2.77. The molecule has 0 bridgehead atoms. The van der Waals surface area contributed by atoms with E-state index in [1.807, 2.05) is 42.6 Å². The number of aliphatic hydroxyl groups is 1. The van der Waals surface area contributed by atoms with Gasteiger partial charge in [0, 0.05) is 22.4 Å². The highest BCUT2D eigenvalue weighted by Crippen LogP contribution is 2.47. The molecule has 1 aliphatic rings. The van der Waals surface area contributed by atoms with Crippen molar-refractivity contribution in [1.82, 2.24) is 0 Å². The van der Waals surface area contributed by atoms with Crippen LogP contribution in [0.5, 0.6) is 5.75 Å². The molecule has 1 aromatic carbocycles. The lowest BCUT2D eigenvalue weighted by Crippen LogP contribution is -2.44. The molecule has 1 aromatic heterocycles. The van der Waals surface area contributed by atoms with Crippen molar-refractivity contribution in [2.24, 2.45) is 5.73 Å². The van der Waals surface area contributed by atoms with Crippen molar-refractivity contribution in [1.29, 1.82) is 0 Å². The van der Waals surface area contributed by atoms with E-state index in [1.165, 1.54) is 0 Å². The van der Waals surface area contributed by atoms with Crippen LogP contribution in [0, 0.1) is 6.92 Å². The normalized spacial score (nSPS) is 22.9. The Kier molecular flexibility index (Phi) is 3.54. The summed E-state index contributed by atoms with van der Waals surface area (Å²) in [5.41, 5.74) is 7.79. The van der Waals surface area contributed by atoms with Gasteiger partial charge in [0.05, 0.1) is 12.7 Å². The number of benzene rings is 1. The van der Waals surface area contributed by atoms with Gasteiger partial charge in [-0.25, -0.2) is 0 Å². The molecule has 0 fully saturated rings. The monoisotopic (exact) mass is 289 g/mol. The number of ether oxygens (including phenoxy) is 1. The molecular weight excluding hydrogens is 270 g/mol. The summed E-state index contributed by atoms with van der Waals surface area (Å²) in [6.45, 7) is 3.03. The quantitative estimate of drug-likeness (QED) is 0.913. The van der Waals surface area contributed by atoms with Gasteiger partial charge in [0.2, 0.25) is 0 Å². The molecular formula is C16H19NO2S. The first-order valence-electron chi connectivity index (χ1n) is 6.83. The highest BCUT2D eigenvalue weighted by atomic mass is 32.1. The molecule has 2 unspecified atom stereocenters. The predicted molar refractivity (Wildman–Crippen MR) is 81.3 cm³/mol. The molecule has 20 heavy (non-hydrogen) atoms. The SMILES string of the molecule is Cc1ccsc1C(O)C1(CN)CCOc2ccccc21. The molecule has 0 saturated carbocycles. The van der Waals surface area contributed by atoms with Gasteiger partial charge in [-0.2, -0.15) is 0 Å². The number of para-hydroxylation sites is 1. The van der Waals surface area contributed by atoms with Gasteiger partial charge in [0.15, 0.2) is 0 Å². The zero-order chi connectivity index (χ0) is 14.2. The molecule has 2 atom stereocenters. The van der Waals surface area contributed by atoms with Crippen LogP contribution in [-0.4, -0.2) is 18.3 Å². The third-order valence-corrected chi connectivity index (χ3v) is 5.34. The van der Waals surface area contributed by atoms with Crippen molar-refractivity contribution in [3.8, 4) is 5.75 Å². The molecule has 3 N–H and O–H groups in total. The Hall–Kier alpha value is -1.36. The maximum absolute atomic E-state index is 11.0. The number of hydrogen-bond acceptors (Lipinski definition) is 4. The maximum atomic E-state index is 11.0. The second-order valence-electron chi connectivity index (χ2n) is 5.33. The van der Waals surface area contributed by atoms with E-state index in [9.17, 15) is 5.11 Å². The third kappa shape index (κ3) is 1.95. The number of rotatable bonds is 3. The minimum Gasteiger partial charge on any atom is -0.493 e. The largest absolute Gasteiger partial charge is 0.493 e. The van der Waals surface area contributed by atoms with Crippen LogP contribution in [-0.2, 0) is 5.41 Å². The average molecular weight is 289 g/mol. The van der Waals surface area contributed by atoms with Crippen LogP contribution in [0.2, 0.25) is 0 Å². The van der Waals surface area contributed by atoms with Crippen molar-refractivity contribution in [3.05, 3.63) is 51.7 Å². The number of fused-ring (bicyclic) bond motifs is 1. The van der Waals surface area contributed by atoms with Crippen LogP contribution in [0.4, 0.5) is 0 Å². The van der Waals surface area contributed by atoms with Crippen molar-refractivity contribution < 1.29 is 9.84 Å². The van der Waals surface area contributed by atoms with Crippen molar-refractivity contribution >= 4 is 11.3 Å². The lowest BCUT2D eigenvalue weighted by molar-refractivity contribution is 0.0557. The molecule has 106 valence electrons. The maximum Gasteiger partial charge on any atom is 0.123 e. The van der Waals surface area contributed by atoms with Gasteiger partial charge in [0.1, 0.15) is 5.75 Å². The van der Waals surface area contributed by atoms with Gasteiger partial charge in [-0.15, -0.1) is 11.3 Å². The summed E-state index contributed by atoms with van der Waals surface area (Å²) in [6, 6.07) is 9.94. The highest BCUT2D eigenvalue weighted by Gasteiger charge is 2.44. The van der Waals surface area contributed by atoms with E-state index in [0.29, 0.717) is 13.2 Å². The van der Waals surface area contributed by atoms with Crippen molar-refractivity contribution in [2.45, 2.75) is 24.9 Å². The summed E-state index contributed by atoms with van der Waals surface area (Å²) in [5.74, 6) is 0.845. The van der Waals surface area contributed by atoms with Crippen LogP contribution in [0.1, 0.15) is 28.5 Å². The fourth-order valence-electron chi connectivity index (χ4n) is 3.00. The van der Waals surface area contributed by atoms with E-state index in [0.717, 1.165) is 28.2 Å². The summed E-state index contributed by atoms with van der Waals surface area (Å²) in [4.78, 5) is 1.01. The summed E-state index contributed by atoms with van der Waals surface area (Å²) >= 11 is 1.59. The van der Waals surface area contributed by atoms with Gasteiger partial charge in [-0.1, -0.05) is 18.2 Å². The minimum absolute atomic E-state index is 0.409. The molecule has 4 heteroatoms. The number of nitrogens with two attached hydrogens (primary N) is 1. The molecule has 0 spiro atoms. The van der Waals surface area contributed by atoms with Gasteiger partial charge < -0.3 is 15.6 Å². The van der Waals surface area contributed by atoms with Crippen molar-refractivity contribution in [2.75, 3.05) is 13.2 Å². The van der Waals surface area contributed by atoms with Crippen LogP contribution < -0.4 is 10.5 Å². The van der Waals surface area contributed by atoms with Gasteiger partial charge in [0.25, 0.3) is 0 Å². The van der Waals surface area contributed by atoms with E-state index in [4.69, 9.17) is 10.5 Å². The van der Waals surface area contributed by atoms with Crippen LogP contribution in [0.15, 0.2) is 35.7 Å². The standard InChI is InChI=1S/C16H19NO2S/c1-11-6-9-20-14(11)15(18)16(10-17)7-8-19-13-5-3-2-4-12(13)16/h2-6,9,15,18H,7-8,10,17H2,1H3. The lowest BCUT2D eigenvalue weighted by Gasteiger charge is -2.41. The minimum atomic E-state index is -0.586. The van der Waals surface area contributed by atoms with Gasteiger partial charge in [-0.3, -0.25) is 0 Å². The molecule has 2 aromatic rings. The Morgan fingerprint density at radius 1 is 1.40 bits per heavy atom. The van der Waals surface area contributed by atoms with Crippen LogP contribution in [0.25, 0.3) is 0 Å². The van der Waals surface area contributed by atoms with Crippen LogP contribution >= 0.6 is 11.3 Å². The number of hydrogen-bond donors (Lipinski definition) is 2. The first kappa shape index (κ1) is 13.6. The number of aryl methyl sites for hydroxylation is 1. The number of aliphatic hydroxyl groups excluding tert-OH is 1. The highest BCUT2D eigenvalue weighted by molar-refractivity contribution is 7.10. The Morgan fingerprint density at radius 3 is 2.90 bits per heavy atom. The fourth-order valence-corrected chi connectivity index (χ4v) is 4.03. The molecule has 0 saturated heterocycles. The van der Waals surface area contributed by atoms with Crippen LogP contribution in [0.3, 0.4) is 0 Å². The van der Waals surface area contributed by atoms with Crippen molar-refractivity contribution in [3.63, 3.8) is 0 Å². The van der Waals surface area contributed by atoms with E-state index in [2.05, 4.69) is 0 Å². The third-order valence-electron chi connectivity index (χ3n) is 4.27. The Balaban J connectivity index is 2.11. The van der Waals surface area contributed by atoms with Gasteiger partial charge in [-0.05, 0) is 36.4 Å². The second-order valence-corrected chi connectivity index (χ2v) is 6.27. The molecule has 1 aliphatic heterocycles. The van der Waals surface area contributed by atoms with Gasteiger partial charge >= 0.3 is 0 Å². The smallest absolute Gasteiger partial charge is 0.123 e. The van der Waals surface area contributed by atoms with E-state index in [-0.39, 0.29) is 0 Å². The molecule has 0 aliphatic carbocycles. The molecule has 0 radical (unpaired) electrons. The Bertz CT molecular complexity index is 610. The lowest BCUT2D eigenvalue weighted by atomic mass is 9.71. The molecule has 3 nitrogen and oxygen atoms in total. The Labute approximate surface area is 123 Å². The molecule has 3 rings (SSSR count). The first-order chi connectivity index (χ1) is 9.69. The second kappa shape index (κ2) is 5.20. The average Bonchev–Trinajstić information content (AvgIpc) is 2.92. The fraction of sp³-hybridized carbons (Fsp3) is 0.375. The summed E-state index contributed by atoms with van der Waals surface area (Å²) in [5, 5.41) is 13.0. The van der Waals surface area contributed by atoms with E-state index >= 15 is 0 Å².